The predicted molar refractivity (Wildman–Crippen MR) is 81.8 cm³/mol. The molecule has 0 heterocycles. The number of nitrogens with two attached hydrogens (primary N) is 2. The van der Waals surface area contributed by atoms with Crippen LogP contribution in [0, 0.1) is 0 Å². The van der Waals surface area contributed by atoms with E-state index in [2.05, 4.69) is 0 Å². The summed E-state index contributed by atoms with van der Waals surface area (Å²) in [6, 6.07) is 14.6. The molecule has 4 nitrogen and oxygen atoms in total. The van der Waals surface area contributed by atoms with Crippen molar-refractivity contribution in [3.63, 3.8) is 0 Å². The minimum atomic E-state index is 0.495. The summed E-state index contributed by atoms with van der Waals surface area (Å²) in [6.45, 7) is 0.990. The van der Waals surface area contributed by atoms with Crippen molar-refractivity contribution in [3.05, 3.63) is 60.7 Å². The molecule has 0 fully saturated rings. The Morgan fingerprint density at radius 3 is 1.35 bits per heavy atom. The van der Waals surface area contributed by atoms with E-state index in [1.807, 2.05) is 60.7 Å². The van der Waals surface area contributed by atoms with Crippen LogP contribution in [0.2, 0.25) is 0 Å². The monoisotopic (exact) mass is 270 g/mol. The molecule has 4 N–H and O–H groups in total. The summed E-state index contributed by atoms with van der Waals surface area (Å²) in [6.07, 6.45) is 3.82. The lowest BCUT2D eigenvalue weighted by Crippen LogP contribution is -1.97. The maximum absolute atomic E-state index is 5.59. The molecular formula is C16H18N2O2. The smallest absolute Gasteiger partial charge is 0.119 e. The van der Waals surface area contributed by atoms with Crippen LogP contribution in [0.5, 0.6) is 11.5 Å². The van der Waals surface area contributed by atoms with Crippen LogP contribution in [0.4, 0.5) is 11.4 Å². The SMILES string of the molecule is Nc1ccc(OC/C=C/COc2ccc(N)cc2)cc1. The Morgan fingerprint density at radius 2 is 1.00 bits per heavy atom. The quantitative estimate of drug-likeness (QED) is 0.625. The van der Waals surface area contributed by atoms with Crippen molar-refractivity contribution in [3.8, 4) is 11.5 Å². The minimum Gasteiger partial charge on any atom is -0.490 e. The zero-order valence-electron chi connectivity index (χ0n) is 11.2. The molecule has 2 aromatic carbocycles. The molecular weight excluding hydrogens is 252 g/mol. The molecule has 0 bridgehead atoms. The Hall–Kier alpha value is -2.62. The molecule has 0 radical (unpaired) electrons. The topological polar surface area (TPSA) is 70.5 Å². The third-order valence-electron chi connectivity index (χ3n) is 2.62. The fourth-order valence-electron chi connectivity index (χ4n) is 1.55. The Bertz CT molecular complexity index is 496. The minimum absolute atomic E-state index is 0.495. The van der Waals surface area contributed by atoms with Gasteiger partial charge in [0, 0.05) is 11.4 Å². The second-order valence-corrected chi connectivity index (χ2v) is 4.23. The fourth-order valence-corrected chi connectivity index (χ4v) is 1.55. The van der Waals surface area contributed by atoms with Gasteiger partial charge in [-0.3, -0.25) is 0 Å². The van der Waals surface area contributed by atoms with Crippen molar-refractivity contribution < 1.29 is 9.47 Å². The average molecular weight is 270 g/mol. The lowest BCUT2D eigenvalue weighted by atomic mass is 10.3. The highest BCUT2D eigenvalue weighted by Crippen LogP contribution is 2.13. The van der Waals surface area contributed by atoms with E-state index >= 15 is 0 Å². The van der Waals surface area contributed by atoms with Crippen LogP contribution in [-0.4, -0.2) is 13.2 Å². The van der Waals surface area contributed by atoms with Gasteiger partial charge in [0.25, 0.3) is 0 Å². The highest BCUT2D eigenvalue weighted by Gasteiger charge is 1.92. The first-order valence-corrected chi connectivity index (χ1v) is 6.36. The summed E-state index contributed by atoms with van der Waals surface area (Å²) < 4.78 is 11.0. The van der Waals surface area contributed by atoms with Gasteiger partial charge in [0.2, 0.25) is 0 Å². The molecule has 0 aliphatic rings. The maximum atomic E-state index is 5.59. The van der Waals surface area contributed by atoms with Gasteiger partial charge in [-0.1, -0.05) is 0 Å². The molecule has 0 saturated carbocycles. The van der Waals surface area contributed by atoms with Gasteiger partial charge >= 0.3 is 0 Å². The van der Waals surface area contributed by atoms with Gasteiger partial charge in [-0.15, -0.1) is 0 Å². The summed E-state index contributed by atoms with van der Waals surface area (Å²) in [5.41, 5.74) is 12.6. The van der Waals surface area contributed by atoms with E-state index in [0.717, 1.165) is 22.9 Å². The summed E-state index contributed by atoms with van der Waals surface area (Å²) in [4.78, 5) is 0. The molecule has 4 heteroatoms. The highest BCUT2D eigenvalue weighted by molar-refractivity contribution is 5.42. The maximum Gasteiger partial charge on any atom is 0.119 e. The first-order chi connectivity index (χ1) is 9.74. The van der Waals surface area contributed by atoms with E-state index in [1.165, 1.54) is 0 Å². The molecule has 0 aliphatic heterocycles. The number of hydrogen-bond acceptors (Lipinski definition) is 4. The van der Waals surface area contributed by atoms with Gasteiger partial charge in [0.05, 0.1) is 0 Å². The lowest BCUT2D eigenvalue weighted by molar-refractivity contribution is 0.350. The zero-order valence-corrected chi connectivity index (χ0v) is 11.2. The second-order valence-electron chi connectivity index (χ2n) is 4.23. The number of benzene rings is 2. The van der Waals surface area contributed by atoms with E-state index < -0.39 is 0 Å². The van der Waals surface area contributed by atoms with E-state index in [4.69, 9.17) is 20.9 Å². The van der Waals surface area contributed by atoms with Gasteiger partial charge in [-0.05, 0) is 60.7 Å². The number of nitrogen functional groups attached to an aromatic ring is 2. The van der Waals surface area contributed by atoms with E-state index in [-0.39, 0.29) is 0 Å². The van der Waals surface area contributed by atoms with Gasteiger partial charge in [0.15, 0.2) is 0 Å². The van der Waals surface area contributed by atoms with Gasteiger partial charge in [0.1, 0.15) is 24.7 Å². The van der Waals surface area contributed by atoms with Crippen LogP contribution in [0.1, 0.15) is 0 Å². The Kier molecular flexibility index (Phi) is 4.89. The number of hydrogen-bond donors (Lipinski definition) is 2. The largest absolute Gasteiger partial charge is 0.490 e. The molecule has 0 saturated heterocycles. The Labute approximate surface area is 118 Å². The molecule has 0 amide bonds. The van der Waals surface area contributed by atoms with Crippen molar-refractivity contribution in [2.45, 2.75) is 0 Å². The Balaban J connectivity index is 1.67. The third kappa shape index (κ3) is 4.57. The summed E-state index contributed by atoms with van der Waals surface area (Å²) in [5, 5.41) is 0. The molecule has 104 valence electrons. The third-order valence-corrected chi connectivity index (χ3v) is 2.62. The molecule has 0 aromatic heterocycles. The van der Waals surface area contributed by atoms with Crippen LogP contribution < -0.4 is 20.9 Å². The molecule has 0 unspecified atom stereocenters. The van der Waals surface area contributed by atoms with Crippen molar-refractivity contribution in [2.75, 3.05) is 24.7 Å². The summed E-state index contributed by atoms with van der Waals surface area (Å²) >= 11 is 0. The summed E-state index contributed by atoms with van der Waals surface area (Å²) in [7, 11) is 0. The predicted octanol–water partition coefficient (Wildman–Crippen LogP) is 2.87. The summed E-state index contributed by atoms with van der Waals surface area (Å²) in [5.74, 6) is 1.59. The van der Waals surface area contributed by atoms with Gasteiger partial charge in [-0.25, -0.2) is 0 Å². The molecule has 0 aliphatic carbocycles. The normalized spacial score (nSPS) is 10.6. The lowest BCUT2D eigenvalue weighted by Gasteiger charge is -2.04. The first kappa shape index (κ1) is 13.8. The van der Waals surface area contributed by atoms with Crippen LogP contribution in [0.25, 0.3) is 0 Å². The molecule has 0 atom stereocenters. The van der Waals surface area contributed by atoms with Gasteiger partial charge < -0.3 is 20.9 Å². The molecule has 2 aromatic rings. The van der Waals surface area contributed by atoms with Crippen LogP contribution in [0.3, 0.4) is 0 Å². The fraction of sp³-hybridized carbons (Fsp3) is 0.125. The van der Waals surface area contributed by atoms with Crippen molar-refractivity contribution in [1.29, 1.82) is 0 Å². The van der Waals surface area contributed by atoms with Crippen LogP contribution >= 0.6 is 0 Å². The number of anilines is 2. The molecule has 20 heavy (non-hydrogen) atoms. The van der Waals surface area contributed by atoms with Crippen LogP contribution in [-0.2, 0) is 0 Å². The van der Waals surface area contributed by atoms with Gasteiger partial charge in [-0.2, -0.15) is 0 Å². The van der Waals surface area contributed by atoms with Crippen molar-refractivity contribution in [2.24, 2.45) is 0 Å². The zero-order chi connectivity index (χ0) is 14.2. The van der Waals surface area contributed by atoms with E-state index in [9.17, 15) is 0 Å². The van der Waals surface area contributed by atoms with Crippen LogP contribution in [0.15, 0.2) is 60.7 Å². The number of ether oxygens (including phenoxy) is 2. The second kappa shape index (κ2) is 7.09. The standard InChI is InChI=1S/C16H18N2O2/c17-13-3-7-15(8-4-13)19-11-1-2-12-20-16-9-5-14(18)6-10-16/h1-10H,11-12,17-18H2/b2-1+. The van der Waals surface area contributed by atoms with E-state index in [1.54, 1.807) is 0 Å². The molecule has 0 spiro atoms. The molecule has 2 rings (SSSR count). The van der Waals surface area contributed by atoms with E-state index in [0.29, 0.717) is 13.2 Å². The first-order valence-electron chi connectivity index (χ1n) is 6.36. The average Bonchev–Trinajstić information content (AvgIpc) is 2.46. The van der Waals surface area contributed by atoms with Crippen molar-refractivity contribution >= 4 is 11.4 Å². The number of rotatable bonds is 6. The van der Waals surface area contributed by atoms with Crippen molar-refractivity contribution in [1.82, 2.24) is 0 Å². The highest BCUT2D eigenvalue weighted by atomic mass is 16.5. The Morgan fingerprint density at radius 1 is 0.650 bits per heavy atom.